The van der Waals surface area contributed by atoms with Gasteiger partial charge in [0, 0.05) is 36.3 Å². The Hall–Kier alpha value is -3.83. The molecule has 0 aliphatic heterocycles. The zero-order chi connectivity index (χ0) is 24.2. The standard InChI is InChI=1S/C22H20FN3O6S/c1-14-6-3-4-8-16(14)21-20(23)17(22(24-2)32-19(29)10-9-18(27)28)13-26(21)33(30,31)15-7-5-11-25-12-15/h3-13,22,24H,1-2H3,(H,27,28)/b10-9+. The van der Waals surface area contributed by atoms with Gasteiger partial charge in [-0.1, -0.05) is 24.3 Å². The molecule has 0 radical (unpaired) electrons. The molecule has 0 saturated carbocycles. The van der Waals surface area contributed by atoms with E-state index in [0.717, 1.165) is 16.4 Å². The van der Waals surface area contributed by atoms with Crippen molar-refractivity contribution in [1.82, 2.24) is 14.3 Å². The average Bonchev–Trinajstić information content (AvgIpc) is 3.14. The smallest absolute Gasteiger partial charge is 0.332 e. The van der Waals surface area contributed by atoms with E-state index >= 15 is 4.39 Å². The Morgan fingerprint density at radius 2 is 1.94 bits per heavy atom. The minimum Gasteiger partial charge on any atom is -0.478 e. The molecule has 33 heavy (non-hydrogen) atoms. The first-order valence-corrected chi connectivity index (χ1v) is 11.0. The molecule has 2 heterocycles. The number of benzene rings is 1. The first kappa shape index (κ1) is 23.8. The quantitative estimate of drug-likeness (QED) is 0.290. The summed E-state index contributed by atoms with van der Waals surface area (Å²) in [5.74, 6) is -3.35. The van der Waals surface area contributed by atoms with Gasteiger partial charge < -0.3 is 9.84 Å². The van der Waals surface area contributed by atoms with Crippen LogP contribution in [0.1, 0.15) is 17.4 Å². The Morgan fingerprint density at radius 3 is 2.55 bits per heavy atom. The number of aryl methyl sites for hydroxylation is 1. The van der Waals surface area contributed by atoms with Gasteiger partial charge in [-0.25, -0.2) is 26.4 Å². The van der Waals surface area contributed by atoms with Crippen molar-refractivity contribution >= 4 is 22.0 Å². The van der Waals surface area contributed by atoms with Crippen molar-refractivity contribution in [3.05, 3.63) is 84.1 Å². The third-order valence-corrected chi connectivity index (χ3v) is 6.31. The molecule has 2 N–H and O–H groups in total. The lowest BCUT2D eigenvalue weighted by Crippen LogP contribution is -2.23. The molecule has 1 unspecified atom stereocenters. The van der Waals surface area contributed by atoms with Crippen molar-refractivity contribution in [3.63, 3.8) is 0 Å². The van der Waals surface area contributed by atoms with E-state index < -0.39 is 34.0 Å². The van der Waals surface area contributed by atoms with Gasteiger partial charge in [0.15, 0.2) is 12.0 Å². The van der Waals surface area contributed by atoms with E-state index in [1.165, 1.54) is 25.4 Å². The molecule has 9 nitrogen and oxygen atoms in total. The van der Waals surface area contributed by atoms with Crippen LogP contribution in [0.4, 0.5) is 4.39 Å². The van der Waals surface area contributed by atoms with Gasteiger partial charge in [-0.3, -0.25) is 10.3 Å². The summed E-state index contributed by atoms with van der Waals surface area (Å²) in [6.45, 7) is 1.70. The van der Waals surface area contributed by atoms with E-state index in [1.54, 1.807) is 31.2 Å². The molecule has 3 rings (SSSR count). The third kappa shape index (κ3) is 4.99. The van der Waals surface area contributed by atoms with Gasteiger partial charge in [0.2, 0.25) is 0 Å². The van der Waals surface area contributed by atoms with Crippen LogP contribution in [0.25, 0.3) is 11.3 Å². The Labute approximate surface area is 189 Å². The summed E-state index contributed by atoms with van der Waals surface area (Å²) >= 11 is 0. The number of ether oxygens (including phenoxy) is 1. The maximum Gasteiger partial charge on any atom is 0.332 e. The molecule has 2 aromatic heterocycles. The van der Waals surface area contributed by atoms with Crippen molar-refractivity contribution < 1.29 is 32.2 Å². The normalized spacial score (nSPS) is 12.6. The third-order valence-electron chi connectivity index (χ3n) is 4.67. The number of esters is 1. The predicted molar refractivity (Wildman–Crippen MR) is 116 cm³/mol. The Kier molecular flexibility index (Phi) is 7.04. The minimum atomic E-state index is -4.27. The zero-order valence-corrected chi connectivity index (χ0v) is 18.4. The molecule has 0 fully saturated rings. The molecule has 3 aromatic rings. The number of pyridine rings is 1. The van der Waals surface area contributed by atoms with E-state index in [4.69, 9.17) is 9.84 Å². The highest BCUT2D eigenvalue weighted by molar-refractivity contribution is 7.90. The zero-order valence-electron chi connectivity index (χ0n) is 17.6. The summed E-state index contributed by atoms with van der Waals surface area (Å²) in [7, 11) is -2.90. The number of aliphatic carboxylic acids is 1. The number of carboxylic acids is 1. The molecule has 1 atom stereocenters. The number of hydrogen-bond acceptors (Lipinski definition) is 7. The molecule has 1 aromatic carbocycles. The van der Waals surface area contributed by atoms with Crippen LogP contribution in [-0.2, 0) is 24.3 Å². The monoisotopic (exact) mass is 473 g/mol. The van der Waals surface area contributed by atoms with Crippen LogP contribution in [0.2, 0.25) is 0 Å². The Morgan fingerprint density at radius 1 is 1.21 bits per heavy atom. The first-order chi connectivity index (χ1) is 15.7. The van der Waals surface area contributed by atoms with Crippen LogP contribution >= 0.6 is 0 Å². The maximum absolute atomic E-state index is 15.8. The van der Waals surface area contributed by atoms with Gasteiger partial charge in [-0.05, 0) is 31.7 Å². The molecule has 0 bridgehead atoms. The van der Waals surface area contributed by atoms with Crippen LogP contribution < -0.4 is 5.32 Å². The number of aromatic nitrogens is 2. The summed E-state index contributed by atoms with van der Waals surface area (Å²) in [5.41, 5.74) is 0.427. The summed E-state index contributed by atoms with van der Waals surface area (Å²) in [6, 6.07) is 9.41. The first-order valence-electron chi connectivity index (χ1n) is 9.58. The van der Waals surface area contributed by atoms with Crippen LogP contribution in [0.3, 0.4) is 0 Å². The number of carboxylic acid groups (broad SMARTS) is 1. The van der Waals surface area contributed by atoms with Crippen LogP contribution in [0.15, 0.2) is 72.0 Å². The maximum atomic E-state index is 15.8. The molecule has 0 amide bonds. The van der Waals surface area contributed by atoms with E-state index in [2.05, 4.69) is 10.3 Å². The van der Waals surface area contributed by atoms with Crippen molar-refractivity contribution in [2.24, 2.45) is 0 Å². The summed E-state index contributed by atoms with van der Waals surface area (Å²) in [6.07, 6.45) is 3.40. The average molecular weight is 473 g/mol. The number of carbonyl (C=O) groups excluding carboxylic acids is 1. The number of nitrogens with zero attached hydrogens (tertiary/aromatic N) is 2. The summed E-state index contributed by atoms with van der Waals surface area (Å²) in [5, 5.41) is 11.2. The van der Waals surface area contributed by atoms with Crippen LogP contribution in [-0.4, -0.2) is 41.5 Å². The van der Waals surface area contributed by atoms with Gasteiger partial charge in [0.05, 0.1) is 5.56 Å². The lowest BCUT2D eigenvalue weighted by Gasteiger charge is -2.15. The lowest BCUT2D eigenvalue weighted by atomic mass is 10.1. The second-order valence-corrected chi connectivity index (χ2v) is 8.64. The predicted octanol–water partition coefficient (Wildman–Crippen LogP) is 2.64. The van der Waals surface area contributed by atoms with Gasteiger partial charge in [0.1, 0.15) is 10.6 Å². The van der Waals surface area contributed by atoms with Crippen molar-refractivity contribution in [3.8, 4) is 11.3 Å². The summed E-state index contributed by atoms with van der Waals surface area (Å²) < 4.78 is 48.4. The van der Waals surface area contributed by atoms with Crippen molar-refractivity contribution in [2.45, 2.75) is 18.0 Å². The molecule has 0 aliphatic rings. The summed E-state index contributed by atoms with van der Waals surface area (Å²) in [4.78, 5) is 26.3. The number of carbonyl (C=O) groups is 2. The van der Waals surface area contributed by atoms with Crippen molar-refractivity contribution in [2.75, 3.05) is 7.05 Å². The van der Waals surface area contributed by atoms with E-state index in [-0.39, 0.29) is 16.2 Å². The lowest BCUT2D eigenvalue weighted by molar-refractivity contribution is -0.145. The highest BCUT2D eigenvalue weighted by Crippen LogP contribution is 2.35. The second kappa shape index (κ2) is 9.76. The fourth-order valence-electron chi connectivity index (χ4n) is 3.11. The molecule has 0 saturated heterocycles. The van der Waals surface area contributed by atoms with E-state index in [0.29, 0.717) is 23.3 Å². The molecule has 0 aliphatic carbocycles. The van der Waals surface area contributed by atoms with E-state index in [1.807, 2.05) is 0 Å². The van der Waals surface area contributed by atoms with Gasteiger partial charge in [-0.2, -0.15) is 0 Å². The van der Waals surface area contributed by atoms with E-state index in [9.17, 15) is 18.0 Å². The fraction of sp³-hybridized carbons (Fsp3) is 0.136. The Bertz CT molecular complexity index is 1320. The number of hydrogen-bond donors (Lipinski definition) is 2. The SMILES string of the molecule is CNC(OC(=O)/C=C/C(=O)O)c1cn(S(=O)(=O)c2cccnc2)c(-c2ccccc2C)c1F. The topological polar surface area (TPSA) is 128 Å². The van der Waals surface area contributed by atoms with Gasteiger partial charge in [0.25, 0.3) is 10.0 Å². The minimum absolute atomic E-state index is 0.163. The van der Waals surface area contributed by atoms with Crippen LogP contribution in [0.5, 0.6) is 0 Å². The highest BCUT2D eigenvalue weighted by atomic mass is 32.2. The Balaban J connectivity index is 2.20. The highest BCUT2D eigenvalue weighted by Gasteiger charge is 2.31. The second-order valence-electron chi connectivity index (χ2n) is 6.83. The van der Waals surface area contributed by atoms with Gasteiger partial charge in [-0.15, -0.1) is 0 Å². The van der Waals surface area contributed by atoms with Crippen molar-refractivity contribution in [1.29, 1.82) is 0 Å². The molecular weight excluding hydrogens is 453 g/mol. The number of halogens is 1. The fourth-order valence-corrected chi connectivity index (χ4v) is 4.46. The number of nitrogens with one attached hydrogen (secondary N) is 1. The molecule has 11 heteroatoms. The molecule has 172 valence electrons. The van der Waals surface area contributed by atoms with Gasteiger partial charge >= 0.3 is 11.9 Å². The molecular formula is C22H20FN3O6S. The van der Waals surface area contributed by atoms with Crippen LogP contribution in [0, 0.1) is 12.7 Å². The largest absolute Gasteiger partial charge is 0.478 e. The number of rotatable bonds is 8. The molecule has 0 spiro atoms.